The molecule has 0 bridgehead atoms. The minimum Gasteiger partial charge on any atom is -0.490 e. The number of rotatable bonds is 7. The van der Waals surface area contributed by atoms with Gasteiger partial charge in [-0.05, 0) is 76.8 Å². The molecule has 3 aromatic carbocycles. The van der Waals surface area contributed by atoms with Crippen LogP contribution in [0.4, 0.5) is 0 Å². The Labute approximate surface area is 194 Å². The van der Waals surface area contributed by atoms with Gasteiger partial charge in [0.2, 0.25) is 0 Å². The zero-order chi connectivity index (χ0) is 21.5. The van der Waals surface area contributed by atoms with Crippen LogP contribution in [0.25, 0.3) is 11.6 Å². The molecule has 0 fully saturated rings. The van der Waals surface area contributed by atoms with E-state index in [0.717, 1.165) is 31.2 Å². The highest BCUT2D eigenvalue weighted by Crippen LogP contribution is 2.38. The van der Waals surface area contributed by atoms with Gasteiger partial charge in [0.1, 0.15) is 6.61 Å². The van der Waals surface area contributed by atoms with Crippen molar-refractivity contribution >= 4 is 43.5 Å². The first-order valence-corrected chi connectivity index (χ1v) is 11.1. The van der Waals surface area contributed by atoms with Gasteiger partial charge in [0.05, 0.1) is 22.7 Å². The summed E-state index contributed by atoms with van der Waals surface area (Å²) in [6.45, 7) is 4.89. The van der Waals surface area contributed by atoms with Gasteiger partial charge in [0.15, 0.2) is 11.5 Å². The predicted octanol–water partition coefficient (Wildman–Crippen LogP) is 7.56. The summed E-state index contributed by atoms with van der Waals surface area (Å²) >= 11 is 7.05. The number of aryl methyl sites for hydroxylation is 1. The molecule has 30 heavy (non-hydrogen) atoms. The maximum atomic E-state index is 9.65. The number of hydrogen-bond acceptors (Lipinski definition) is 3. The van der Waals surface area contributed by atoms with Crippen LogP contribution < -0.4 is 9.47 Å². The second-order valence-electron chi connectivity index (χ2n) is 6.71. The number of nitrogens with zero attached hydrogens (tertiary/aromatic N) is 1. The molecule has 0 heterocycles. The SMILES string of the molecule is CCOc1cc(/C=C(/C#N)c2ccc(C)cc2)cc(Br)c1OCc1ccc(Br)cc1. The quantitative estimate of drug-likeness (QED) is 0.235. The lowest BCUT2D eigenvalue weighted by atomic mass is 10.0. The minimum absolute atomic E-state index is 0.425. The number of allylic oxidation sites excluding steroid dienone is 1. The molecule has 0 saturated heterocycles. The number of ether oxygens (including phenoxy) is 2. The number of benzene rings is 3. The van der Waals surface area contributed by atoms with E-state index in [1.165, 1.54) is 0 Å². The Bertz CT molecular complexity index is 1080. The smallest absolute Gasteiger partial charge is 0.175 e. The molecule has 0 amide bonds. The monoisotopic (exact) mass is 525 g/mol. The third-order valence-corrected chi connectivity index (χ3v) is 5.54. The Kier molecular flexibility index (Phi) is 7.73. The predicted molar refractivity (Wildman–Crippen MR) is 128 cm³/mol. The zero-order valence-corrected chi connectivity index (χ0v) is 20.0. The van der Waals surface area contributed by atoms with Crippen molar-refractivity contribution in [3.63, 3.8) is 0 Å². The summed E-state index contributed by atoms with van der Waals surface area (Å²) in [4.78, 5) is 0. The van der Waals surface area contributed by atoms with E-state index in [4.69, 9.17) is 9.47 Å². The Balaban J connectivity index is 1.90. The van der Waals surface area contributed by atoms with Gasteiger partial charge in [0.25, 0.3) is 0 Å². The summed E-state index contributed by atoms with van der Waals surface area (Å²) in [6.07, 6.45) is 1.86. The first kappa shape index (κ1) is 22.1. The molecule has 0 spiro atoms. The average molecular weight is 527 g/mol. The van der Waals surface area contributed by atoms with Crippen molar-refractivity contribution in [2.75, 3.05) is 6.61 Å². The van der Waals surface area contributed by atoms with E-state index in [1.807, 2.05) is 80.6 Å². The van der Waals surface area contributed by atoms with Gasteiger partial charge in [-0.25, -0.2) is 0 Å². The average Bonchev–Trinajstić information content (AvgIpc) is 2.73. The largest absolute Gasteiger partial charge is 0.490 e. The van der Waals surface area contributed by atoms with Crippen molar-refractivity contribution in [3.05, 3.63) is 91.9 Å². The van der Waals surface area contributed by atoms with Gasteiger partial charge in [-0.2, -0.15) is 5.26 Å². The Morgan fingerprint density at radius 1 is 1.00 bits per heavy atom. The van der Waals surface area contributed by atoms with Crippen molar-refractivity contribution in [2.24, 2.45) is 0 Å². The normalized spacial score (nSPS) is 11.1. The molecule has 5 heteroatoms. The van der Waals surface area contributed by atoms with E-state index < -0.39 is 0 Å². The van der Waals surface area contributed by atoms with Crippen molar-refractivity contribution in [1.29, 1.82) is 5.26 Å². The standard InChI is InChI=1S/C25H21Br2NO2/c1-3-29-24-14-19(12-21(15-28)20-8-4-17(2)5-9-20)13-23(27)25(24)30-16-18-6-10-22(26)11-7-18/h4-14H,3,16H2,1-2H3/b21-12-. The molecule has 0 saturated carbocycles. The van der Waals surface area contributed by atoms with Crippen LogP contribution in [0.15, 0.2) is 69.6 Å². The van der Waals surface area contributed by atoms with E-state index in [0.29, 0.717) is 30.3 Å². The van der Waals surface area contributed by atoms with Crippen molar-refractivity contribution in [1.82, 2.24) is 0 Å². The highest BCUT2D eigenvalue weighted by molar-refractivity contribution is 9.10. The van der Waals surface area contributed by atoms with Crippen LogP contribution in [0.2, 0.25) is 0 Å². The summed E-state index contributed by atoms with van der Waals surface area (Å²) in [7, 11) is 0. The summed E-state index contributed by atoms with van der Waals surface area (Å²) in [5.74, 6) is 1.28. The molecule has 152 valence electrons. The van der Waals surface area contributed by atoms with Crippen LogP contribution in [0.1, 0.15) is 29.2 Å². The van der Waals surface area contributed by atoms with Gasteiger partial charge < -0.3 is 9.47 Å². The fraction of sp³-hybridized carbons (Fsp3) is 0.160. The van der Waals surface area contributed by atoms with E-state index in [1.54, 1.807) is 0 Å². The van der Waals surface area contributed by atoms with Crippen molar-refractivity contribution < 1.29 is 9.47 Å². The fourth-order valence-corrected chi connectivity index (χ4v) is 3.73. The van der Waals surface area contributed by atoms with Crippen LogP contribution in [-0.4, -0.2) is 6.61 Å². The van der Waals surface area contributed by atoms with Crippen molar-refractivity contribution in [3.8, 4) is 17.6 Å². The van der Waals surface area contributed by atoms with E-state index in [9.17, 15) is 5.26 Å². The number of hydrogen-bond donors (Lipinski definition) is 0. The molecule has 0 aliphatic heterocycles. The third-order valence-electron chi connectivity index (χ3n) is 4.42. The molecule has 3 aromatic rings. The Morgan fingerprint density at radius 2 is 1.70 bits per heavy atom. The summed E-state index contributed by atoms with van der Waals surface area (Å²) in [5.41, 5.74) is 4.55. The summed E-state index contributed by atoms with van der Waals surface area (Å²) < 4.78 is 13.7. The van der Waals surface area contributed by atoms with E-state index >= 15 is 0 Å². The maximum Gasteiger partial charge on any atom is 0.175 e. The molecule has 0 atom stereocenters. The molecule has 0 N–H and O–H groups in total. The number of halogens is 2. The number of nitriles is 1. The van der Waals surface area contributed by atoms with Gasteiger partial charge in [-0.3, -0.25) is 0 Å². The van der Waals surface area contributed by atoms with Crippen LogP contribution >= 0.6 is 31.9 Å². The zero-order valence-electron chi connectivity index (χ0n) is 16.8. The van der Waals surface area contributed by atoms with Crippen molar-refractivity contribution in [2.45, 2.75) is 20.5 Å². The molecule has 3 rings (SSSR count). The minimum atomic E-state index is 0.425. The van der Waals surface area contributed by atoms with Gasteiger partial charge >= 0.3 is 0 Å². The molecule has 0 radical (unpaired) electrons. The van der Waals surface area contributed by atoms with Crippen LogP contribution in [0, 0.1) is 18.3 Å². The lowest BCUT2D eigenvalue weighted by molar-refractivity contribution is 0.267. The van der Waals surface area contributed by atoms with Gasteiger partial charge in [-0.1, -0.05) is 57.9 Å². The van der Waals surface area contributed by atoms with Gasteiger partial charge in [0, 0.05) is 4.47 Å². The molecule has 0 aliphatic rings. The second-order valence-corrected chi connectivity index (χ2v) is 8.48. The lowest BCUT2D eigenvalue weighted by Crippen LogP contribution is -2.01. The van der Waals surface area contributed by atoms with Crippen LogP contribution in [-0.2, 0) is 6.61 Å². The second kappa shape index (κ2) is 10.5. The van der Waals surface area contributed by atoms with Crippen LogP contribution in [0.5, 0.6) is 11.5 Å². The maximum absolute atomic E-state index is 9.65. The topological polar surface area (TPSA) is 42.2 Å². The molecule has 3 nitrogen and oxygen atoms in total. The van der Waals surface area contributed by atoms with E-state index in [2.05, 4.69) is 37.9 Å². The van der Waals surface area contributed by atoms with Crippen LogP contribution in [0.3, 0.4) is 0 Å². The first-order chi connectivity index (χ1) is 14.5. The molecular formula is C25H21Br2NO2. The lowest BCUT2D eigenvalue weighted by Gasteiger charge is -2.15. The fourth-order valence-electron chi connectivity index (χ4n) is 2.89. The summed E-state index contributed by atoms with van der Waals surface area (Å²) in [6, 6.07) is 22.0. The summed E-state index contributed by atoms with van der Waals surface area (Å²) in [5, 5.41) is 9.65. The first-order valence-electron chi connectivity index (χ1n) is 9.52. The third kappa shape index (κ3) is 5.75. The molecular weight excluding hydrogens is 506 g/mol. The van der Waals surface area contributed by atoms with Gasteiger partial charge in [-0.15, -0.1) is 0 Å². The van der Waals surface area contributed by atoms with E-state index in [-0.39, 0.29) is 0 Å². The Hall–Kier alpha value is -2.55. The molecule has 0 unspecified atom stereocenters. The Morgan fingerprint density at radius 3 is 2.33 bits per heavy atom. The molecule has 0 aliphatic carbocycles. The molecule has 0 aromatic heterocycles. The highest BCUT2D eigenvalue weighted by Gasteiger charge is 2.13. The highest BCUT2D eigenvalue weighted by atomic mass is 79.9.